The van der Waals surface area contributed by atoms with E-state index in [2.05, 4.69) is 28.9 Å². The molecule has 0 unspecified atom stereocenters. The summed E-state index contributed by atoms with van der Waals surface area (Å²) in [7, 11) is 0. The minimum absolute atomic E-state index is 0.428. The minimum Gasteiger partial charge on any atom is -0.472 e. The lowest BCUT2D eigenvalue weighted by Crippen LogP contribution is -2.43. The fraction of sp³-hybridized carbons (Fsp3) is 0.600. The van der Waals surface area contributed by atoms with Gasteiger partial charge in [-0.1, -0.05) is 5.16 Å². The molecule has 0 aliphatic carbocycles. The van der Waals surface area contributed by atoms with Crippen molar-refractivity contribution in [3.05, 3.63) is 24.5 Å². The summed E-state index contributed by atoms with van der Waals surface area (Å²) in [6.07, 6.45) is 5.34. The van der Waals surface area contributed by atoms with E-state index >= 15 is 0 Å². The summed E-state index contributed by atoms with van der Waals surface area (Å²) in [5.41, 5.74) is 0.840. The highest BCUT2D eigenvalue weighted by Gasteiger charge is 2.25. The third-order valence-electron chi connectivity index (χ3n) is 3.89. The summed E-state index contributed by atoms with van der Waals surface area (Å²) >= 11 is 0. The Balaban J connectivity index is 1.71. The molecule has 0 bridgehead atoms. The number of hydrogen-bond acceptors (Lipinski definition) is 6. The van der Waals surface area contributed by atoms with Crippen LogP contribution in [-0.2, 0) is 11.3 Å². The van der Waals surface area contributed by atoms with Gasteiger partial charge in [0.25, 0.3) is 0 Å². The van der Waals surface area contributed by atoms with Gasteiger partial charge in [-0.2, -0.15) is 4.98 Å². The third kappa shape index (κ3) is 3.33. The predicted molar refractivity (Wildman–Crippen MR) is 76.5 cm³/mol. The molecule has 1 aliphatic heterocycles. The second-order valence-electron chi connectivity index (χ2n) is 5.63. The van der Waals surface area contributed by atoms with Crippen molar-refractivity contribution in [3.8, 4) is 11.4 Å². The van der Waals surface area contributed by atoms with Crippen molar-refractivity contribution < 1.29 is 13.7 Å². The maximum absolute atomic E-state index is 5.44. The molecule has 0 aromatic carbocycles. The van der Waals surface area contributed by atoms with Gasteiger partial charge < -0.3 is 13.7 Å². The van der Waals surface area contributed by atoms with Crippen LogP contribution in [0.4, 0.5) is 0 Å². The highest BCUT2D eigenvalue weighted by Crippen LogP contribution is 2.21. The molecule has 2 aromatic rings. The van der Waals surface area contributed by atoms with Crippen molar-refractivity contribution in [3.63, 3.8) is 0 Å². The zero-order chi connectivity index (χ0) is 14.7. The van der Waals surface area contributed by atoms with Crippen LogP contribution in [0.1, 0.15) is 32.6 Å². The quantitative estimate of drug-likeness (QED) is 0.844. The smallest absolute Gasteiger partial charge is 0.241 e. The summed E-state index contributed by atoms with van der Waals surface area (Å²) in [6.45, 7) is 6.73. The van der Waals surface area contributed by atoms with Crippen LogP contribution in [0.15, 0.2) is 27.5 Å². The molecule has 0 amide bonds. The van der Waals surface area contributed by atoms with Crippen molar-refractivity contribution in [2.75, 3.05) is 13.2 Å². The van der Waals surface area contributed by atoms with E-state index in [9.17, 15) is 0 Å². The summed E-state index contributed by atoms with van der Waals surface area (Å²) in [4.78, 5) is 6.87. The Labute approximate surface area is 124 Å². The molecule has 0 saturated carbocycles. The Bertz CT molecular complexity index is 544. The van der Waals surface area contributed by atoms with E-state index in [0.29, 0.717) is 30.3 Å². The maximum atomic E-state index is 5.44. The van der Waals surface area contributed by atoms with Crippen molar-refractivity contribution in [2.45, 2.75) is 45.3 Å². The van der Waals surface area contributed by atoms with Crippen LogP contribution in [0.5, 0.6) is 0 Å². The van der Waals surface area contributed by atoms with Crippen LogP contribution in [0.2, 0.25) is 0 Å². The zero-order valence-corrected chi connectivity index (χ0v) is 12.5. The van der Waals surface area contributed by atoms with Crippen LogP contribution in [-0.4, -0.2) is 40.3 Å². The Kier molecular flexibility index (Phi) is 4.36. The average Bonchev–Trinajstić information content (AvgIpc) is 3.16. The van der Waals surface area contributed by atoms with Crippen LogP contribution < -0.4 is 0 Å². The number of aromatic nitrogens is 2. The van der Waals surface area contributed by atoms with Gasteiger partial charge in [-0.05, 0) is 32.8 Å². The molecular formula is C15H21N3O3. The molecule has 1 aliphatic rings. The monoisotopic (exact) mass is 291 g/mol. The number of hydrogen-bond donors (Lipinski definition) is 0. The van der Waals surface area contributed by atoms with E-state index in [1.807, 2.05) is 6.07 Å². The van der Waals surface area contributed by atoms with Gasteiger partial charge in [0.15, 0.2) is 0 Å². The zero-order valence-electron chi connectivity index (χ0n) is 12.5. The van der Waals surface area contributed by atoms with Gasteiger partial charge in [0.05, 0.1) is 18.4 Å². The molecular weight excluding hydrogens is 270 g/mol. The molecule has 114 valence electrons. The lowest BCUT2D eigenvalue weighted by atomic mass is 10.1. The molecule has 0 radical (unpaired) electrons. The number of nitrogens with zero attached hydrogens (tertiary/aromatic N) is 3. The fourth-order valence-electron chi connectivity index (χ4n) is 2.73. The molecule has 0 atom stereocenters. The Morgan fingerprint density at radius 2 is 2.14 bits per heavy atom. The molecule has 1 saturated heterocycles. The first kappa shape index (κ1) is 14.3. The van der Waals surface area contributed by atoms with E-state index in [-0.39, 0.29) is 0 Å². The number of furan rings is 1. The molecule has 0 spiro atoms. The first-order valence-electron chi connectivity index (χ1n) is 7.42. The molecule has 6 nitrogen and oxygen atoms in total. The van der Waals surface area contributed by atoms with E-state index in [1.165, 1.54) is 0 Å². The van der Waals surface area contributed by atoms with E-state index in [0.717, 1.165) is 31.6 Å². The average molecular weight is 291 g/mol. The molecule has 3 rings (SSSR count). The lowest BCUT2D eigenvalue weighted by Gasteiger charge is -2.36. The Morgan fingerprint density at radius 3 is 2.81 bits per heavy atom. The second-order valence-corrected chi connectivity index (χ2v) is 5.63. The predicted octanol–water partition coefficient (Wildman–Crippen LogP) is 2.72. The van der Waals surface area contributed by atoms with Gasteiger partial charge in [-0.15, -0.1) is 0 Å². The highest BCUT2D eigenvalue weighted by molar-refractivity contribution is 5.51. The van der Waals surface area contributed by atoms with Gasteiger partial charge in [-0.25, -0.2) is 0 Å². The topological polar surface area (TPSA) is 64.5 Å². The molecule has 1 fully saturated rings. The Morgan fingerprint density at radius 1 is 1.33 bits per heavy atom. The number of rotatable bonds is 5. The second kappa shape index (κ2) is 6.41. The highest BCUT2D eigenvalue weighted by atomic mass is 16.5. The lowest BCUT2D eigenvalue weighted by molar-refractivity contribution is 0.0146. The fourth-order valence-corrected chi connectivity index (χ4v) is 2.73. The minimum atomic E-state index is 0.428. The van der Waals surface area contributed by atoms with Crippen LogP contribution in [0.3, 0.4) is 0 Å². The van der Waals surface area contributed by atoms with E-state index in [1.54, 1.807) is 12.5 Å². The number of ether oxygens (including phenoxy) is 1. The molecule has 0 N–H and O–H groups in total. The van der Waals surface area contributed by atoms with Crippen LogP contribution in [0.25, 0.3) is 11.4 Å². The van der Waals surface area contributed by atoms with E-state index in [4.69, 9.17) is 13.7 Å². The maximum Gasteiger partial charge on any atom is 0.241 e. The standard InChI is InChI=1S/C15H21N3O3/c1-11(2)18(13-4-7-19-8-5-13)9-14-16-15(17-21-14)12-3-6-20-10-12/h3,6,10-11,13H,4-5,7-9H2,1-2H3. The third-order valence-corrected chi connectivity index (χ3v) is 3.89. The SMILES string of the molecule is CC(C)N(Cc1nc(-c2ccoc2)no1)C1CCOCC1. The van der Waals surface area contributed by atoms with Crippen molar-refractivity contribution >= 4 is 0 Å². The molecule has 3 heterocycles. The van der Waals surface area contributed by atoms with Crippen LogP contribution in [0, 0.1) is 0 Å². The van der Waals surface area contributed by atoms with Gasteiger partial charge in [-0.3, -0.25) is 4.90 Å². The van der Waals surface area contributed by atoms with Crippen molar-refractivity contribution in [1.82, 2.24) is 15.0 Å². The largest absolute Gasteiger partial charge is 0.472 e. The first-order valence-corrected chi connectivity index (χ1v) is 7.42. The molecule has 21 heavy (non-hydrogen) atoms. The first-order chi connectivity index (χ1) is 10.2. The van der Waals surface area contributed by atoms with Crippen molar-refractivity contribution in [1.29, 1.82) is 0 Å². The summed E-state index contributed by atoms with van der Waals surface area (Å²) < 4.78 is 15.9. The van der Waals surface area contributed by atoms with E-state index < -0.39 is 0 Å². The van der Waals surface area contributed by atoms with Crippen molar-refractivity contribution in [2.24, 2.45) is 0 Å². The molecule has 6 heteroatoms. The summed E-state index contributed by atoms with van der Waals surface area (Å²) in [5.74, 6) is 1.22. The summed E-state index contributed by atoms with van der Waals surface area (Å²) in [6, 6.07) is 2.77. The summed E-state index contributed by atoms with van der Waals surface area (Å²) in [5, 5.41) is 4.02. The van der Waals surface area contributed by atoms with Gasteiger partial charge in [0.1, 0.15) is 6.26 Å². The van der Waals surface area contributed by atoms with Gasteiger partial charge in [0, 0.05) is 25.3 Å². The normalized spacial score (nSPS) is 17.0. The Hall–Kier alpha value is -1.66. The molecule has 2 aromatic heterocycles. The van der Waals surface area contributed by atoms with Gasteiger partial charge >= 0.3 is 0 Å². The van der Waals surface area contributed by atoms with Crippen LogP contribution >= 0.6 is 0 Å². The van der Waals surface area contributed by atoms with Gasteiger partial charge in [0.2, 0.25) is 11.7 Å².